The van der Waals surface area contributed by atoms with Gasteiger partial charge in [0.05, 0.1) is 32.1 Å². The van der Waals surface area contributed by atoms with Crippen molar-refractivity contribution in [2.45, 2.75) is 6.92 Å². The van der Waals surface area contributed by atoms with Crippen LogP contribution in [0.15, 0.2) is 36.4 Å². The van der Waals surface area contributed by atoms with Gasteiger partial charge < -0.3 is 19.5 Å². The van der Waals surface area contributed by atoms with Gasteiger partial charge >= 0.3 is 0 Å². The van der Waals surface area contributed by atoms with Crippen molar-refractivity contribution in [3.8, 4) is 17.2 Å². The number of hydrogen-bond acceptors (Lipinski definition) is 4. The summed E-state index contributed by atoms with van der Waals surface area (Å²) >= 11 is 0. The first-order valence-corrected chi connectivity index (χ1v) is 7.69. The Morgan fingerprint density at radius 1 is 1.08 bits per heavy atom. The van der Waals surface area contributed by atoms with Crippen LogP contribution in [0.1, 0.15) is 18.1 Å². The van der Waals surface area contributed by atoms with Gasteiger partial charge in [-0.1, -0.05) is 6.07 Å². The Morgan fingerprint density at radius 3 is 2.42 bits per heavy atom. The smallest absolute Gasteiger partial charge is 0.256 e. The molecule has 1 aliphatic rings. The number of benzene rings is 2. The first-order chi connectivity index (χ1) is 11.7. The molecule has 0 atom stereocenters. The van der Waals surface area contributed by atoms with Gasteiger partial charge in [-0.05, 0) is 37.3 Å². The van der Waals surface area contributed by atoms with Gasteiger partial charge in [0.15, 0.2) is 0 Å². The highest BCUT2D eigenvalue weighted by Gasteiger charge is 2.25. The van der Waals surface area contributed by atoms with Gasteiger partial charge in [-0.25, -0.2) is 0 Å². The van der Waals surface area contributed by atoms with Gasteiger partial charge in [0.25, 0.3) is 5.91 Å². The maximum absolute atomic E-state index is 12.4. The van der Waals surface area contributed by atoms with Crippen LogP contribution in [-0.2, 0) is 4.79 Å². The fourth-order valence-corrected chi connectivity index (χ4v) is 2.74. The Morgan fingerprint density at radius 2 is 1.79 bits per heavy atom. The first kappa shape index (κ1) is 15.9. The Hall–Kier alpha value is -2.95. The topological polar surface area (TPSA) is 56.8 Å². The van der Waals surface area contributed by atoms with E-state index in [1.807, 2.05) is 43.3 Å². The van der Waals surface area contributed by atoms with Crippen LogP contribution in [0.4, 0.5) is 5.69 Å². The number of carbonyl (C=O) groups excluding carboxylic acids is 1. The summed E-state index contributed by atoms with van der Waals surface area (Å²) < 4.78 is 16.3. The average Bonchev–Trinajstić information content (AvgIpc) is 2.90. The van der Waals surface area contributed by atoms with Crippen molar-refractivity contribution in [3.63, 3.8) is 0 Å². The van der Waals surface area contributed by atoms with Crippen LogP contribution >= 0.6 is 0 Å². The highest BCUT2D eigenvalue weighted by Crippen LogP contribution is 2.38. The Labute approximate surface area is 140 Å². The highest BCUT2D eigenvalue weighted by atomic mass is 16.5. The number of hydrogen-bond donors (Lipinski definition) is 1. The van der Waals surface area contributed by atoms with E-state index in [9.17, 15) is 4.79 Å². The molecule has 0 unspecified atom stereocenters. The van der Waals surface area contributed by atoms with Crippen LogP contribution in [0.25, 0.3) is 11.6 Å². The SMILES string of the molecule is CCOc1ccc2c(c1)NC(=O)C2=Cc1c(OC)cccc1OC. The predicted molar refractivity (Wildman–Crippen MR) is 93.7 cm³/mol. The van der Waals surface area contributed by atoms with Crippen LogP contribution in [0.5, 0.6) is 17.2 Å². The molecular weight excluding hydrogens is 306 g/mol. The molecule has 0 fully saturated rings. The number of methoxy groups -OCH3 is 2. The van der Waals surface area contributed by atoms with E-state index >= 15 is 0 Å². The summed E-state index contributed by atoms with van der Waals surface area (Å²) in [6.07, 6.45) is 1.79. The summed E-state index contributed by atoms with van der Waals surface area (Å²) in [5.74, 6) is 1.86. The lowest BCUT2D eigenvalue weighted by molar-refractivity contribution is -0.110. The molecule has 0 saturated heterocycles. The molecule has 1 heterocycles. The molecule has 0 spiro atoms. The highest BCUT2D eigenvalue weighted by molar-refractivity contribution is 6.35. The fraction of sp³-hybridized carbons (Fsp3) is 0.211. The molecule has 24 heavy (non-hydrogen) atoms. The zero-order valence-corrected chi connectivity index (χ0v) is 13.9. The summed E-state index contributed by atoms with van der Waals surface area (Å²) in [6, 6.07) is 11.1. The molecule has 5 heteroatoms. The van der Waals surface area contributed by atoms with Gasteiger partial charge in [-0.15, -0.1) is 0 Å². The molecule has 5 nitrogen and oxygen atoms in total. The van der Waals surface area contributed by atoms with Crippen molar-refractivity contribution in [2.75, 3.05) is 26.1 Å². The quantitative estimate of drug-likeness (QED) is 0.854. The number of nitrogens with one attached hydrogen (secondary N) is 1. The van der Waals surface area contributed by atoms with Crippen molar-refractivity contribution in [1.82, 2.24) is 0 Å². The zero-order chi connectivity index (χ0) is 17.1. The molecule has 2 aromatic rings. The summed E-state index contributed by atoms with van der Waals surface area (Å²) in [4.78, 5) is 12.4. The fourth-order valence-electron chi connectivity index (χ4n) is 2.74. The van der Waals surface area contributed by atoms with E-state index < -0.39 is 0 Å². The van der Waals surface area contributed by atoms with E-state index in [1.54, 1.807) is 20.3 Å². The molecular formula is C19H19NO4. The summed E-state index contributed by atoms with van der Waals surface area (Å²) in [6.45, 7) is 2.50. The van der Waals surface area contributed by atoms with Gasteiger partial charge in [0, 0.05) is 17.2 Å². The van der Waals surface area contributed by atoms with E-state index in [0.717, 1.165) is 22.6 Å². The Kier molecular flexibility index (Phi) is 4.42. The zero-order valence-electron chi connectivity index (χ0n) is 13.9. The van der Waals surface area contributed by atoms with Gasteiger partial charge in [0.2, 0.25) is 0 Å². The molecule has 0 saturated carbocycles. The lowest BCUT2D eigenvalue weighted by Gasteiger charge is -2.10. The number of anilines is 1. The van der Waals surface area contributed by atoms with Crippen LogP contribution < -0.4 is 19.5 Å². The van der Waals surface area contributed by atoms with E-state index in [1.165, 1.54) is 0 Å². The molecule has 1 amide bonds. The molecule has 0 radical (unpaired) electrons. The third-order valence-electron chi connectivity index (χ3n) is 3.84. The van der Waals surface area contributed by atoms with Gasteiger partial charge in [-0.2, -0.15) is 0 Å². The van der Waals surface area contributed by atoms with E-state index in [-0.39, 0.29) is 5.91 Å². The number of ether oxygens (including phenoxy) is 3. The number of fused-ring (bicyclic) bond motifs is 1. The largest absolute Gasteiger partial charge is 0.496 e. The minimum atomic E-state index is -0.161. The standard InChI is InChI=1S/C19H19NO4/c1-4-24-12-8-9-13-14(19(21)20-16(13)10-12)11-15-17(22-2)6-5-7-18(15)23-3/h5-11H,4H2,1-3H3,(H,20,21). The van der Waals surface area contributed by atoms with Crippen molar-refractivity contribution >= 4 is 23.2 Å². The van der Waals surface area contributed by atoms with Crippen molar-refractivity contribution < 1.29 is 19.0 Å². The normalized spacial score (nSPS) is 14.3. The summed E-state index contributed by atoms with van der Waals surface area (Å²) in [5, 5.41) is 2.87. The van der Waals surface area contributed by atoms with Gasteiger partial charge in [0.1, 0.15) is 17.2 Å². The second-order valence-electron chi connectivity index (χ2n) is 5.23. The Balaban J connectivity index is 2.09. The van der Waals surface area contributed by atoms with E-state index in [4.69, 9.17) is 14.2 Å². The molecule has 1 N–H and O–H groups in total. The summed E-state index contributed by atoms with van der Waals surface area (Å²) in [5.41, 5.74) is 2.87. The summed E-state index contributed by atoms with van der Waals surface area (Å²) in [7, 11) is 3.18. The second-order valence-corrected chi connectivity index (χ2v) is 5.23. The minimum absolute atomic E-state index is 0.161. The van der Waals surface area contributed by atoms with Crippen molar-refractivity contribution in [2.24, 2.45) is 0 Å². The van der Waals surface area contributed by atoms with E-state index in [2.05, 4.69) is 5.32 Å². The average molecular weight is 325 g/mol. The van der Waals surface area contributed by atoms with E-state index in [0.29, 0.717) is 23.7 Å². The number of amides is 1. The third-order valence-corrected chi connectivity index (χ3v) is 3.84. The maximum Gasteiger partial charge on any atom is 0.256 e. The second kappa shape index (κ2) is 6.66. The first-order valence-electron chi connectivity index (χ1n) is 7.69. The maximum atomic E-state index is 12.4. The molecule has 1 aliphatic heterocycles. The monoisotopic (exact) mass is 325 g/mol. The van der Waals surface area contributed by atoms with Crippen LogP contribution in [0.3, 0.4) is 0 Å². The molecule has 0 aromatic heterocycles. The lowest BCUT2D eigenvalue weighted by Crippen LogP contribution is -2.04. The number of carbonyl (C=O) groups is 1. The minimum Gasteiger partial charge on any atom is -0.496 e. The van der Waals surface area contributed by atoms with Crippen LogP contribution in [0, 0.1) is 0 Å². The van der Waals surface area contributed by atoms with Gasteiger partial charge in [-0.3, -0.25) is 4.79 Å². The predicted octanol–water partition coefficient (Wildman–Crippen LogP) is 3.60. The third kappa shape index (κ3) is 2.80. The molecule has 0 aliphatic carbocycles. The molecule has 3 rings (SSSR count). The van der Waals surface area contributed by atoms with Crippen LogP contribution in [-0.4, -0.2) is 26.7 Å². The molecule has 2 aromatic carbocycles. The molecule has 0 bridgehead atoms. The lowest BCUT2D eigenvalue weighted by atomic mass is 10.0. The van der Waals surface area contributed by atoms with Crippen molar-refractivity contribution in [1.29, 1.82) is 0 Å². The molecule has 124 valence electrons. The van der Waals surface area contributed by atoms with Crippen molar-refractivity contribution in [3.05, 3.63) is 47.5 Å². The Bertz CT molecular complexity index is 789. The van der Waals surface area contributed by atoms with Crippen LogP contribution in [0.2, 0.25) is 0 Å². The number of rotatable bonds is 5.